The number of amidine groups is 1. The van der Waals surface area contributed by atoms with Gasteiger partial charge >= 0.3 is 0 Å². The first-order valence-corrected chi connectivity index (χ1v) is 10.5. The standard InChI is InChI=1S/C21H23N3O3S/c25-20(22-17-8-9-18-19(14-17)27-13-12-26-18)15-28-21(24-10-4-5-11-24)23-16-6-2-1-3-7-16/h1-3,6-9,14H,4-5,10-13,15H2,(H,22,25). The van der Waals surface area contributed by atoms with Crippen LogP contribution in [0.5, 0.6) is 11.5 Å². The van der Waals surface area contributed by atoms with Crippen molar-refractivity contribution < 1.29 is 14.3 Å². The van der Waals surface area contributed by atoms with Crippen LogP contribution in [0.1, 0.15) is 12.8 Å². The highest BCUT2D eigenvalue weighted by atomic mass is 32.2. The van der Waals surface area contributed by atoms with E-state index in [-0.39, 0.29) is 5.91 Å². The molecule has 0 radical (unpaired) electrons. The minimum absolute atomic E-state index is 0.0679. The number of likely N-dealkylation sites (tertiary alicyclic amines) is 1. The maximum atomic E-state index is 12.5. The normalized spacial score (nSPS) is 16.1. The van der Waals surface area contributed by atoms with E-state index in [2.05, 4.69) is 10.2 Å². The zero-order valence-electron chi connectivity index (χ0n) is 15.6. The summed E-state index contributed by atoms with van der Waals surface area (Å²) < 4.78 is 11.1. The number of thioether (sulfide) groups is 1. The number of hydrogen-bond donors (Lipinski definition) is 1. The van der Waals surface area contributed by atoms with Crippen molar-refractivity contribution in [3.05, 3.63) is 48.5 Å². The molecule has 0 saturated carbocycles. The fourth-order valence-corrected chi connectivity index (χ4v) is 4.03. The van der Waals surface area contributed by atoms with Gasteiger partial charge in [0.2, 0.25) is 5.91 Å². The van der Waals surface area contributed by atoms with Gasteiger partial charge in [-0.15, -0.1) is 0 Å². The molecular formula is C21H23N3O3S. The summed E-state index contributed by atoms with van der Waals surface area (Å²) in [4.78, 5) is 19.5. The average Bonchev–Trinajstić information content (AvgIpc) is 3.26. The van der Waals surface area contributed by atoms with Crippen LogP contribution in [-0.2, 0) is 4.79 Å². The van der Waals surface area contributed by atoms with Gasteiger partial charge in [0.15, 0.2) is 16.7 Å². The van der Waals surface area contributed by atoms with Gasteiger partial charge in [0.1, 0.15) is 13.2 Å². The van der Waals surface area contributed by atoms with Crippen LogP contribution in [-0.4, -0.2) is 48.0 Å². The van der Waals surface area contributed by atoms with Crippen LogP contribution < -0.4 is 14.8 Å². The number of nitrogens with one attached hydrogen (secondary N) is 1. The van der Waals surface area contributed by atoms with Gasteiger partial charge in [0.05, 0.1) is 11.4 Å². The number of anilines is 1. The van der Waals surface area contributed by atoms with E-state index < -0.39 is 0 Å². The van der Waals surface area contributed by atoms with Crippen molar-refractivity contribution in [3.8, 4) is 11.5 Å². The topological polar surface area (TPSA) is 63.2 Å². The monoisotopic (exact) mass is 397 g/mol. The number of ether oxygens (including phenoxy) is 2. The molecule has 6 nitrogen and oxygen atoms in total. The van der Waals surface area contributed by atoms with Crippen LogP contribution in [0.3, 0.4) is 0 Å². The van der Waals surface area contributed by atoms with Gasteiger partial charge in [-0.1, -0.05) is 30.0 Å². The molecule has 1 saturated heterocycles. The molecule has 1 N–H and O–H groups in total. The van der Waals surface area contributed by atoms with Gasteiger partial charge in [0, 0.05) is 24.8 Å². The molecule has 4 rings (SSSR count). The molecular weight excluding hydrogens is 374 g/mol. The van der Waals surface area contributed by atoms with E-state index in [0.29, 0.717) is 36.2 Å². The minimum Gasteiger partial charge on any atom is -0.486 e. The summed E-state index contributed by atoms with van der Waals surface area (Å²) in [7, 11) is 0. The Bertz CT molecular complexity index is 851. The maximum absolute atomic E-state index is 12.5. The number of benzene rings is 2. The Morgan fingerprint density at radius 3 is 2.57 bits per heavy atom. The number of fused-ring (bicyclic) bond motifs is 1. The number of aliphatic imine (C=N–C) groups is 1. The number of amides is 1. The molecule has 0 bridgehead atoms. The fourth-order valence-electron chi connectivity index (χ4n) is 3.16. The predicted molar refractivity (Wildman–Crippen MR) is 113 cm³/mol. The van der Waals surface area contributed by atoms with Crippen LogP contribution in [0, 0.1) is 0 Å². The molecule has 2 aliphatic rings. The van der Waals surface area contributed by atoms with Crippen LogP contribution >= 0.6 is 11.8 Å². The summed E-state index contributed by atoms with van der Waals surface area (Å²) in [5, 5.41) is 3.84. The third-order valence-corrected chi connectivity index (χ3v) is 5.53. The third kappa shape index (κ3) is 4.78. The molecule has 0 aliphatic carbocycles. The Morgan fingerprint density at radius 1 is 1.04 bits per heavy atom. The summed E-state index contributed by atoms with van der Waals surface area (Å²) in [6.45, 7) is 3.05. The quantitative estimate of drug-likeness (QED) is 0.626. The van der Waals surface area contributed by atoms with Gasteiger partial charge in [-0.2, -0.15) is 0 Å². The number of carbonyl (C=O) groups is 1. The van der Waals surface area contributed by atoms with Crippen LogP contribution in [0.25, 0.3) is 0 Å². The molecule has 1 amide bonds. The number of rotatable bonds is 4. The van der Waals surface area contributed by atoms with Crippen molar-refractivity contribution in [1.29, 1.82) is 0 Å². The highest BCUT2D eigenvalue weighted by molar-refractivity contribution is 8.14. The first-order valence-electron chi connectivity index (χ1n) is 9.49. The molecule has 2 heterocycles. The Labute approximate surface area is 168 Å². The SMILES string of the molecule is O=C(CSC(=Nc1ccccc1)N1CCCC1)Nc1ccc2c(c1)OCCO2. The van der Waals surface area contributed by atoms with E-state index in [1.807, 2.05) is 42.5 Å². The van der Waals surface area contributed by atoms with Gasteiger partial charge in [-0.3, -0.25) is 4.79 Å². The van der Waals surface area contributed by atoms with E-state index in [4.69, 9.17) is 14.5 Å². The lowest BCUT2D eigenvalue weighted by molar-refractivity contribution is -0.113. The smallest absolute Gasteiger partial charge is 0.234 e. The van der Waals surface area contributed by atoms with Crippen molar-refractivity contribution in [2.45, 2.75) is 12.8 Å². The van der Waals surface area contributed by atoms with Crippen molar-refractivity contribution in [1.82, 2.24) is 4.90 Å². The average molecular weight is 398 g/mol. The molecule has 28 heavy (non-hydrogen) atoms. The van der Waals surface area contributed by atoms with Crippen molar-refractivity contribution in [2.75, 3.05) is 37.4 Å². The summed E-state index contributed by atoms with van der Waals surface area (Å²) in [5.74, 6) is 1.61. The number of nitrogens with zero attached hydrogens (tertiary/aromatic N) is 2. The molecule has 2 aliphatic heterocycles. The second-order valence-electron chi connectivity index (χ2n) is 6.62. The summed E-state index contributed by atoms with van der Waals surface area (Å²) in [5.41, 5.74) is 1.61. The van der Waals surface area contributed by atoms with E-state index in [0.717, 1.165) is 36.8 Å². The minimum atomic E-state index is -0.0679. The van der Waals surface area contributed by atoms with E-state index in [1.165, 1.54) is 11.8 Å². The van der Waals surface area contributed by atoms with Crippen molar-refractivity contribution in [3.63, 3.8) is 0 Å². The fraction of sp³-hybridized carbons (Fsp3) is 0.333. The summed E-state index contributed by atoms with van der Waals surface area (Å²) >= 11 is 1.48. The Hall–Kier alpha value is -2.67. The lowest BCUT2D eigenvalue weighted by Gasteiger charge is -2.20. The first-order chi connectivity index (χ1) is 13.8. The molecule has 0 spiro atoms. The number of para-hydroxylation sites is 1. The van der Waals surface area contributed by atoms with E-state index >= 15 is 0 Å². The summed E-state index contributed by atoms with van der Waals surface area (Å²) in [6.07, 6.45) is 2.33. The molecule has 0 unspecified atom stereocenters. The van der Waals surface area contributed by atoms with Gasteiger partial charge < -0.3 is 19.7 Å². The second-order valence-corrected chi connectivity index (χ2v) is 7.56. The molecule has 7 heteroatoms. The molecule has 1 fully saturated rings. The summed E-state index contributed by atoms with van der Waals surface area (Å²) in [6, 6.07) is 15.3. The lowest BCUT2D eigenvalue weighted by atomic mass is 10.2. The van der Waals surface area contributed by atoms with Gasteiger partial charge in [-0.05, 0) is 37.1 Å². The maximum Gasteiger partial charge on any atom is 0.234 e. The number of hydrogen-bond acceptors (Lipinski definition) is 5. The third-order valence-electron chi connectivity index (χ3n) is 4.52. The zero-order valence-corrected chi connectivity index (χ0v) is 16.4. The Kier molecular flexibility index (Phi) is 6.01. The van der Waals surface area contributed by atoms with E-state index in [1.54, 1.807) is 6.07 Å². The highest BCUT2D eigenvalue weighted by Gasteiger charge is 2.19. The predicted octanol–water partition coefficient (Wildman–Crippen LogP) is 3.91. The number of carbonyl (C=O) groups excluding carboxylic acids is 1. The molecule has 0 aromatic heterocycles. The van der Waals surface area contributed by atoms with Crippen molar-refractivity contribution in [2.24, 2.45) is 4.99 Å². The lowest BCUT2D eigenvalue weighted by Crippen LogP contribution is -2.27. The zero-order chi connectivity index (χ0) is 19.2. The van der Waals surface area contributed by atoms with Crippen LogP contribution in [0.15, 0.2) is 53.5 Å². The highest BCUT2D eigenvalue weighted by Crippen LogP contribution is 2.32. The molecule has 0 atom stereocenters. The largest absolute Gasteiger partial charge is 0.486 e. The molecule has 2 aromatic rings. The van der Waals surface area contributed by atoms with Crippen LogP contribution in [0.4, 0.5) is 11.4 Å². The Balaban J connectivity index is 1.39. The van der Waals surface area contributed by atoms with Gasteiger partial charge in [-0.25, -0.2) is 4.99 Å². The molecule has 2 aromatic carbocycles. The van der Waals surface area contributed by atoms with E-state index in [9.17, 15) is 4.79 Å². The Morgan fingerprint density at radius 2 is 1.79 bits per heavy atom. The molecule has 146 valence electrons. The van der Waals surface area contributed by atoms with Crippen molar-refractivity contribution >= 4 is 34.2 Å². The van der Waals surface area contributed by atoms with Gasteiger partial charge in [0.25, 0.3) is 0 Å². The van der Waals surface area contributed by atoms with Crippen LogP contribution in [0.2, 0.25) is 0 Å². The second kappa shape index (κ2) is 9.01. The first kappa shape index (κ1) is 18.7.